The van der Waals surface area contributed by atoms with Crippen LogP contribution in [-0.2, 0) is 22.4 Å². The second-order valence-corrected chi connectivity index (χ2v) is 8.40. The molecule has 0 radical (unpaired) electrons. The van der Waals surface area contributed by atoms with Gasteiger partial charge in [-0.2, -0.15) is 0 Å². The maximum Gasteiger partial charge on any atom is 0.280 e. The fourth-order valence-electron chi connectivity index (χ4n) is 3.93. The molecule has 4 rings (SSSR count). The summed E-state index contributed by atoms with van der Waals surface area (Å²) >= 11 is 1.58. The van der Waals surface area contributed by atoms with Crippen molar-refractivity contribution in [2.24, 2.45) is 0 Å². The van der Waals surface area contributed by atoms with E-state index >= 15 is 0 Å². The average molecular weight is 386 g/mol. The molecule has 2 N–H and O–H groups in total. The van der Waals surface area contributed by atoms with E-state index in [2.05, 4.69) is 5.32 Å². The van der Waals surface area contributed by atoms with Gasteiger partial charge in [0.1, 0.15) is 18.1 Å². The van der Waals surface area contributed by atoms with Crippen LogP contribution >= 0.6 is 11.3 Å². The normalized spacial score (nSPS) is 16.9. The molecule has 2 aliphatic rings. The third-order valence-corrected chi connectivity index (χ3v) is 6.61. The molecule has 1 amide bonds. The van der Waals surface area contributed by atoms with Crippen LogP contribution in [0.1, 0.15) is 38.3 Å². The zero-order chi connectivity index (χ0) is 18.8. The number of thiophene rings is 1. The molecule has 0 bridgehead atoms. The Morgan fingerprint density at radius 2 is 1.96 bits per heavy atom. The van der Waals surface area contributed by atoms with E-state index in [9.17, 15) is 9.59 Å². The van der Waals surface area contributed by atoms with Gasteiger partial charge in [-0.1, -0.05) is 24.3 Å². The fraction of sp³-hybridized carbons (Fsp3) is 0.429. The van der Waals surface area contributed by atoms with Crippen LogP contribution in [0.2, 0.25) is 0 Å². The minimum Gasteiger partial charge on any atom is -0.370 e. The first kappa shape index (κ1) is 18.3. The van der Waals surface area contributed by atoms with Crippen LogP contribution in [-0.4, -0.2) is 44.5 Å². The molecule has 1 aromatic heterocycles. The number of fused-ring (bicyclic) bond motifs is 1. The number of quaternary nitrogens is 1. The lowest BCUT2D eigenvalue weighted by molar-refractivity contribution is -0.899. The third kappa shape index (κ3) is 3.83. The first-order valence-electron chi connectivity index (χ1n) is 9.59. The molecule has 0 unspecified atom stereocenters. The number of nitrogens with one attached hydrogen (secondary N) is 2. The molecule has 0 spiro atoms. The van der Waals surface area contributed by atoms with Crippen molar-refractivity contribution in [1.29, 1.82) is 0 Å². The van der Waals surface area contributed by atoms with Crippen molar-refractivity contribution < 1.29 is 19.2 Å². The predicted octanol–water partition coefficient (Wildman–Crippen LogP) is 1.63. The SMILES string of the molecule is Cc1ccccc1C(=O)c1c(NC(=O)C[NH+]2CCOCC2)sc2c1CCC2. The van der Waals surface area contributed by atoms with Crippen molar-refractivity contribution in [1.82, 2.24) is 0 Å². The summed E-state index contributed by atoms with van der Waals surface area (Å²) in [7, 11) is 0. The van der Waals surface area contributed by atoms with Crippen molar-refractivity contribution in [2.45, 2.75) is 26.2 Å². The molecule has 5 nitrogen and oxygen atoms in total. The molecule has 1 aliphatic heterocycles. The number of ether oxygens (including phenoxy) is 1. The van der Waals surface area contributed by atoms with Gasteiger partial charge in [-0.25, -0.2) is 0 Å². The number of morpholine rings is 1. The van der Waals surface area contributed by atoms with Crippen LogP contribution in [0.15, 0.2) is 24.3 Å². The Labute approximate surface area is 163 Å². The summed E-state index contributed by atoms with van der Waals surface area (Å²) in [5.74, 6) is 0.00664. The topological polar surface area (TPSA) is 59.8 Å². The maximum atomic E-state index is 13.3. The number of ketones is 1. The highest BCUT2D eigenvalue weighted by Crippen LogP contribution is 2.40. The summed E-state index contributed by atoms with van der Waals surface area (Å²) in [6.07, 6.45) is 3.00. The smallest absolute Gasteiger partial charge is 0.280 e. The Morgan fingerprint density at radius 3 is 2.74 bits per heavy atom. The Hall–Kier alpha value is -2.02. The van der Waals surface area contributed by atoms with Gasteiger partial charge in [0.15, 0.2) is 12.3 Å². The van der Waals surface area contributed by atoms with Crippen LogP contribution in [0.3, 0.4) is 0 Å². The van der Waals surface area contributed by atoms with E-state index in [0.717, 1.165) is 54.0 Å². The fourth-order valence-corrected chi connectivity index (χ4v) is 5.23. The summed E-state index contributed by atoms with van der Waals surface area (Å²) in [5.41, 5.74) is 3.55. The van der Waals surface area contributed by atoms with Gasteiger partial charge in [0.05, 0.1) is 18.8 Å². The average Bonchev–Trinajstić information content (AvgIpc) is 3.23. The van der Waals surface area contributed by atoms with E-state index in [1.54, 1.807) is 11.3 Å². The molecule has 0 atom stereocenters. The molecule has 2 heterocycles. The number of aryl methyl sites for hydroxylation is 2. The Morgan fingerprint density at radius 1 is 1.19 bits per heavy atom. The largest absolute Gasteiger partial charge is 0.370 e. The van der Waals surface area contributed by atoms with E-state index in [1.165, 1.54) is 9.78 Å². The molecule has 27 heavy (non-hydrogen) atoms. The van der Waals surface area contributed by atoms with E-state index < -0.39 is 0 Å². The molecule has 142 valence electrons. The minimum atomic E-state index is -0.0225. The molecular formula is C21H25N2O3S+. The van der Waals surface area contributed by atoms with Crippen molar-refractivity contribution in [2.75, 3.05) is 38.2 Å². The first-order valence-corrected chi connectivity index (χ1v) is 10.4. The van der Waals surface area contributed by atoms with Crippen LogP contribution in [0.25, 0.3) is 0 Å². The van der Waals surface area contributed by atoms with Crippen LogP contribution in [0.4, 0.5) is 5.00 Å². The highest BCUT2D eigenvalue weighted by atomic mass is 32.1. The van der Waals surface area contributed by atoms with Crippen molar-refractivity contribution in [3.05, 3.63) is 51.4 Å². The molecule has 1 saturated heterocycles. The van der Waals surface area contributed by atoms with Crippen molar-refractivity contribution in [3.8, 4) is 0 Å². The standard InChI is InChI=1S/C21H24N2O3S/c1-14-5-2-3-6-15(14)20(25)19-16-7-4-8-17(16)27-21(19)22-18(24)13-23-9-11-26-12-10-23/h2-3,5-6H,4,7-13H2,1H3,(H,22,24)/p+1. The zero-order valence-electron chi connectivity index (χ0n) is 15.6. The lowest BCUT2D eigenvalue weighted by Gasteiger charge is -2.23. The molecule has 1 fully saturated rings. The van der Waals surface area contributed by atoms with Gasteiger partial charge < -0.3 is 15.0 Å². The number of rotatable bonds is 5. The number of carbonyl (C=O) groups is 2. The van der Waals surface area contributed by atoms with E-state index in [-0.39, 0.29) is 11.7 Å². The van der Waals surface area contributed by atoms with Gasteiger partial charge in [-0.3, -0.25) is 9.59 Å². The summed E-state index contributed by atoms with van der Waals surface area (Å²) < 4.78 is 5.36. The number of hydrogen-bond donors (Lipinski definition) is 2. The van der Waals surface area contributed by atoms with E-state index in [4.69, 9.17) is 4.74 Å². The van der Waals surface area contributed by atoms with Crippen LogP contribution in [0, 0.1) is 6.92 Å². The third-order valence-electron chi connectivity index (χ3n) is 5.40. The van der Waals surface area contributed by atoms with Gasteiger partial charge in [0.25, 0.3) is 5.91 Å². The molecule has 1 aromatic carbocycles. The summed E-state index contributed by atoms with van der Waals surface area (Å²) in [6.45, 7) is 5.48. The van der Waals surface area contributed by atoms with Gasteiger partial charge in [-0.15, -0.1) is 11.3 Å². The molecule has 1 aliphatic carbocycles. The molecular weight excluding hydrogens is 360 g/mol. The highest BCUT2D eigenvalue weighted by molar-refractivity contribution is 7.17. The van der Waals surface area contributed by atoms with Gasteiger partial charge in [0, 0.05) is 10.4 Å². The van der Waals surface area contributed by atoms with E-state index in [0.29, 0.717) is 25.3 Å². The Kier molecular flexibility index (Phi) is 5.38. The zero-order valence-corrected chi connectivity index (χ0v) is 16.4. The number of hydrogen-bond acceptors (Lipinski definition) is 4. The van der Waals surface area contributed by atoms with Gasteiger partial charge in [0.2, 0.25) is 0 Å². The monoisotopic (exact) mass is 385 g/mol. The second-order valence-electron chi connectivity index (χ2n) is 7.29. The molecule has 6 heteroatoms. The quantitative estimate of drug-likeness (QED) is 0.769. The lowest BCUT2D eigenvalue weighted by Crippen LogP contribution is -3.15. The maximum absolute atomic E-state index is 13.3. The van der Waals surface area contributed by atoms with Gasteiger partial charge in [-0.05, 0) is 37.3 Å². The number of amides is 1. The van der Waals surface area contributed by atoms with E-state index in [1.807, 2.05) is 31.2 Å². The lowest BCUT2D eigenvalue weighted by atomic mass is 9.97. The summed E-state index contributed by atoms with van der Waals surface area (Å²) in [4.78, 5) is 28.4. The summed E-state index contributed by atoms with van der Waals surface area (Å²) in [5, 5.41) is 3.78. The number of carbonyl (C=O) groups excluding carboxylic acids is 2. The molecule has 0 saturated carbocycles. The van der Waals surface area contributed by atoms with Gasteiger partial charge >= 0.3 is 0 Å². The summed E-state index contributed by atoms with van der Waals surface area (Å²) in [6, 6.07) is 7.67. The van der Waals surface area contributed by atoms with Crippen molar-refractivity contribution in [3.63, 3.8) is 0 Å². The number of anilines is 1. The predicted molar refractivity (Wildman–Crippen MR) is 106 cm³/mol. The van der Waals surface area contributed by atoms with Crippen LogP contribution in [0.5, 0.6) is 0 Å². The Balaban J connectivity index is 1.59. The second kappa shape index (κ2) is 7.92. The first-order chi connectivity index (χ1) is 13.1. The number of benzene rings is 1. The van der Waals surface area contributed by atoms with Crippen molar-refractivity contribution >= 4 is 28.0 Å². The highest BCUT2D eigenvalue weighted by Gasteiger charge is 2.29. The minimum absolute atomic E-state index is 0.0225. The van der Waals surface area contributed by atoms with Crippen LogP contribution < -0.4 is 10.2 Å². The Bertz CT molecular complexity index is 868. The molecule has 2 aromatic rings.